The van der Waals surface area contributed by atoms with Crippen LogP contribution in [0.3, 0.4) is 0 Å². The molecule has 2 fully saturated rings. The number of piperidine rings is 1. The molecule has 1 N–H and O–H groups in total. The zero-order valence-electron chi connectivity index (χ0n) is 12.2. The van der Waals surface area contributed by atoms with E-state index < -0.39 is 10.2 Å². The Morgan fingerprint density at radius 3 is 2.75 bits per heavy atom. The molecule has 2 rings (SSSR count). The van der Waals surface area contributed by atoms with Gasteiger partial charge >= 0.3 is 0 Å². The highest BCUT2D eigenvalue weighted by Crippen LogP contribution is 2.17. The highest BCUT2D eigenvalue weighted by molar-refractivity contribution is 7.87. The van der Waals surface area contributed by atoms with Crippen LogP contribution in [0.25, 0.3) is 0 Å². The van der Waals surface area contributed by atoms with Gasteiger partial charge in [0.1, 0.15) is 0 Å². The average molecular weight is 303 g/mol. The van der Waals surface area contributed by atoms with E-state index in [1.165, 1.54) is 0 Å². The number of rotatable bonds is 6. The Morgan fingerprint density at radius 2 is 2.10 bits per heavy atom. The maximum Gasteiger partial charge on any atom is 0.279 e. The summed E-state index contributed by atoms with van der Waals surface area (Å²) in [7, 11) is -3.35. The zero-order valence-corrected chi connectivity index (χ0v) is 13.0. The van der Waals surface area contributed by atoms with Crippen molar-refractivity contribution in [2.75, 3.05) is 32.7 Å². The summed E-state index contributed by atoms with van der Waals surface area (Å²) in [6.45, 7) is 5.18. The molecule has 0 unspecified atom stereocenters. The fraction of sp³-hybridized carbons (Fsp3) is 0.923. The molecule has 2 heterocycles. The van der Waals surface area contributed by atoms with Crippen molar-refractivity contribution in [3.8, 4) is 0 Å². The first kappa shape index (κ1) is 15.7. The van der Waals surface area contributed by atoms with Gasteiger partial charge in [0.05, 0.1) is 0 Å². The Bertz CT molecular complexity index is 438. The molecule has 0 aliphatic carbocycles. The van der Waals surface area contributed by atoms with Crippen molar-refractivity contribution in [3.63, 3.8) is 0 Å². The summed E-state index contributed by atoms with van der Waals surface area (Å²) in [5.41, 5.74) is 0. The average Bonchev–Trinajstić information content (AvgIpc) is 2.80. The number of hydrogen-bond donors (Lipinski definition) is 1. The first-order valence-corrected chi connectivity index (χ1v) is 8.95. The summed E-state index contributed by atoms with van der Waals surface area (Å²) in [5.74, 6) is 0.625. The third-order valence-electron chi connectivity index (χ3n) is 4.02. The number of amides is 1. The van der Waals surface area contributed by atoms with Crippen molar-refractivity contribution in [1.29, 1.82) is 0 Å². The van der Waals surface area contributed by atoms with Gasteiger partial charge < -0.3 is 4.90 Å². The summed E-state index contributed by atoms with van der Waals surface area (Å²) >= 11 is 0. The standard InChI is InChI=1S/C13H25N3O3S/c1-12-5-2-10-16(11-12)20(18,19)14-7-4-9-15-8-3-6-13(15)17/h12,14H,2-11H2,1H3/t12-/m0/s1. The minimum absolute atomic E-state index is 0.192. The van der Waals surface area contributed by atoms with Crippen molar-refractivity contribution in [2.24, 2.45) is 5.92 Å². The number of carbonyl (C=O) groups is 1. The van der Waals surface area contributed by atoms with Crippen LogP contribution in [0, 0.1) is 5.92 Å². The van der Waals surface area contributed by atoms with E-state index in [4.69, 9.17) is 0 Å². The summed E-state index contributed by atoms with van der Waals surface area (Å²) in [6, 6.07) is 0. The largest absolute Gasteiger partial charge is 0.343 e. The van der Waals surface area contributed by atoms with E-state index in [0.717, 1.165) is 25.8 Å². The third kappa shape index (κ3) is 4.17. The minimum Gasteiger partial charge on any atom is -0.343 e. The second-order valence-electron chi connectivity index (χ2n) is 5.84. The van der Waals surface area contributed by atoms with Gasteiger partial charge in [-0.2, -0.15) is 12.7 Å². The summed E-state index contributed by atoms with van der Waals surface area (Å²) < 4.78 is 28.4. The van der Waals surface area contributed by atoms with Crippen molar-refractivity contribution >= 4 is 16.1 Å². The molecular weight excluding hydrogens is 278 g/mol. The Labute approximate surface area is 121 Å². The second kappa shape index (κ2) is 6.87. The van der Waals surface area contributed by atoms with Crippen LogP contribution in [0.4, 0.5) is 0 Å². The molecule has 0 spiro atoms. The third-order valence-corrected chi connectivity index (χ3v) is 5.60. The van der Waals surface area contributed by atoms with E-state index in [0.29, 0.717) is 44.9 Å². The van der Waals surface area contributed by atoms with Gasteiger partial charge in [0.25, 0.3) is 10.2 Å². The highest BCUT2D eigenvalue weighted by Gasteiger charge is 2.26. The van der Waals surface area contributed by atoms with Crippen LogP contribution < -0.4 is 4.72 Å². The number of nitrogens with zero attached hydrogens (tertiary/aromatic N) is 2. The molecule has 0 aromatic carbocycles. The SMILES string of the molecule is C[C@H]1CCCN(S(=O)(=O)NCCCN2CCCC2=O)C1. The highest BCUT2D eigenvalue weighted by atomic mass is 32.2. The van der Waals surface area contributed by atoms with Crippen LogP contribution in [-0.4, -0.2) is 56.3 Å². The molecule has 2 saturated heterocycles. The first-order chi connectivity index (χ1) is 9.49. The molecule has 7 heteroatoms. The fourth-order valence-corrected chi connectivity index (χ4v) is 4.27. The zero-order chi connectivity index (χ0) is 14.6. The molecule has 6 nitrogen and oxygen atoms in total. The number of carbonyl (C=O) groups excluding carboxylic acids is 1. The van der Waals surface area contributed by atoms with Gasteiger partial charge in [0.2, 0.25) is 5.91 Å². The normalized spacial score (nSPS) is 25.4. The minimum atomic E-state index is -3.35. The molecule has 0 radical (unpaired) electrons. The van der Waals surface area contributed by atoms with Crippen LogP contribution in [0.2, 0.25) is 0 Å². The molecule has 0 saturated carbocycles. The fourth-order valence-electron chi connectivity index (χ4n) is 2.87. The monoisotopic (exact) mass is 303 g/mol. The lowest BCUT2D eigenvalue weighted by Crippen LogP contribution is -2.46. The van der Waals surface area contributed by atoms with E-state index in [-0.39, 0.29) is 5.91 Å². The lowest BCUT2D eigenvalue weighted by molar-refractivity contribution is -0.127. The van der Waals surface area contributed by atoms with Crippen LogP contribution in [0.1, 0.15) is 39.0 Å². The molecule has 1 amide bonds. The summed E-state index contributed by atoms with van der Waals surface area (Å²) in [6.07, 6.45) is 4.27. The van der Waals surface area contributed by atoms with Gasteiger partial charge in [-0.25, -0.2) is 4.72 Å². The predicted octanol–water partition coefficient (Wildman–Crippen LogP) is 0.565. The quantitative estimate of drug-likeness (QED) is 0.729. The molecule has 1 atom stereocenters. The topological polar surface area (TPSA) is 69.7 Å². The lowest BCUT2D eigenvalue weighted by atomic mass is 10.0. The van der Waals surface area contributed by atoms with Crippen LogP contribution >= 0.6 is 0 Å². The molecular formula is C13H25N3O3S. The number of likely N-dealkylation sites (tertiary alicyclic amines) is 1. The van der Waals surface area contributed by atoms with E-state index in [1.54, 1.807) is 4.31 Å². The molecule has 2 aliphatic heterocycles. The molecule has 116 valence electrons. The molecule has 2 aliphatic rings. The van der Waals surface area contributed by atoms with Gasteiger partial charge in [0.15, 0.2) is 0 Å². The van der Waals surface area contributed by atoms with Gasteiger partial charge in [-0.05, 0) is 31.6 Å². The Kier molecular flexibility index (Phi) is 5.40. The van der Waals surface area contributed by atoms with Gasteiger partial charge in [-0.3, -0.25) is 4.79 Å². The van der Waals surface area contributed by atoms with Crippen LogP contribution in [0.15, 0.2) is 0 Å². The van der Waals surface area contributed by atoms with Gasteiger partial charge in [-0.15, -0.1) is 0 Å². The van der Waals surface area contributed by atoms with E-state index in [1.807, 2.05) is 4.90 Å². The Morgan fingerprint density at radius 1 is 1.30 bits per heavy atom. The smallest absolute Gasteiger partial charge is 0.279 e. The number of nitrogens with one attached hydrogen (secondary N) is 1. The predicted molar refractivity (Wildman–Crippen MR) is 77.3 cm³/mol. The van der Waals surface area contributed by atoms with Crippen molar-refractivity contribution in [3.05, 3.63) is 0 Å². The first-order valence-electron chi connectivity index (χ1n) is 7.51. The summed E-state index contributed by atoms with van der Waals surface area (Å²) in [4.78, 5) is 13.2. The lowest BCUT2D eigenvalue weighted by Gasteiger charge is -2.30. The van der Waals surface area contributed by atoms with E-state index >= 15 is 0 Å². The maximum absolute atomic E-state index is 12.1. The molecule has 0 aromatic heterocycles. The van der Waals surface area contributed by atoms with Gasteiger partial charge in [0, 0.05) is 39.1 Å². The summed E-state index contributed by atoms with van der Waals surface area (Å²) in [5, 5.41) is 0. The van der Waals surface area contributed by atoms with Gasteiger partial charge in [-0.1, -0.05) is 6.92 Å². The van der Waals surface area contributed by atoms with Crippen LogP contribution in [0.5, 0.6) is 0 Å². The van der Waals surface area contributed by atoms with E-state index in [9.17, 15) is 13.2 Å². The second-order valence-corrected chi connectivity index (χ2v) is 7.60. The Hall–Kier alpha value is -0.660. The molecule has 0 bridgehead atoms. The maximum atomic E-state index is 12.1. The van der Waals surface area contributed by atoms with E-state index in [2.05, 4.69) is 11.6 Å². The van der Waals surface area contributed by atoms with Crippen LogP contribution in [-0.2, 0) is 15.0 Å². The molecule has 0 aromatic rings. The van der Waals surface area contributed by atoms with Crippen molar-refractivity contribution in [2.45, 2.75) is 39.0 Å². The number of hydrogen-bond acceptors (Lipinski definition) is 3. The molecule has 20 heavy (non-hydrogen) atoms. The van der Waals surface area contributed by atoms with Crippen molar-refractivity contribution in [1.82, 2.24) is 13.9 Å². The Balaban J connectivity index is 1.71. The van der Waals surface area contributed by atoms with Crippen molar-refractivity contribution < 1.29 is 13.2 Å².